The highest BCUT2D eigenvalue weighted by atomic mass is 16.5. The van der Waals surface area contributed by atoms with Crippen molar-refractivity contribution in [2.24, 2.45) is 7.05 Å². The van der Waals surface area contributed by atoms with E-state index in [1.165, 1.54) is 19.2 Å². The van der Waals surface area contributed by atoms with Crippen molar-refractivity contribution >= 4 is 88.6 Å². The van der Waals surface area contributed by atoms with Crippen LogP contribution in [0.1, 0.15) is 13.0 Å². The first-order valence-electron chi connectivity index (χ1n) is 23.9. The van der Waals surface area contributed by atoms with Crippen LogP contribution < -0.4 is 75.5 Å². The van der Waals surface area contributed by atoms with Crippen LogP contribution >= 0.6 is 0 Å². The second-order valence-electron chi connectivity index (χ2n) is 18.0. The molecule has 394 valence electrons. The molecule has 8 aromatic carbocycles. The van der Waals surface area contributed by atoms with Gasteiger partial charge in [-0.1, -0.05) is 25.1 Å². The summed E-state index contributed by atoms with van der Waals surface area (Å²) in [5.74, 6) is 1.56. The van der Waals surface area contributed by atoms with Gasteiger partial charge in [0.2, 0.25) is 0 Å². The van der Waals surface area contributed by atoms with Crippen molar-refractivity contribution in [2.75, 3.05) is 35.5 Å². The summed E-state index contributed by atoms with van der Waals surface area (Å²) in [6.07, 6.45) is 0. The summed E-state index contributed by atoms with van der Waals surface area (Å²) in [7, 11) is 4.65. The van der Waals surface area contributed by atoms with Gasteiger partial charge in [0.05, 0.1) is 63.0 Å². The molecule has 12 aromatic rings. The first-order chi connectivity index (χ1) is 37.5. The van der Waals surface area contributed by atoms with E-state index in [0.717, 1.165) is 83.8 Å². The third-order valence-corrected chi connectivity index (χ3v) is 13.1. The van der Waals surface area contributed by atoms with Crippen molar-refractivity contribution in [3.8, 4) is 17.2 Å². The molecular formula is C61H48N6O12. The standard InChI is InChI=1S/C31H23N3O5.C19H19N3O.C10H2O6.CH4/c1-18-4-6-19(7-5-18)33(21-12-14-23(39-3)15-13-21)20-8-10-22(11-9-20)34-30(37)26-16-24-25(17-27(26)31(34)38)29(36)32(2)28(24)35;1-23-19-12-10-18(11-13-19)22(16-6-2-14(20)3-7-16)17-8-4-15(21)5-9-17;11-7-3-1-4-6(10(14)16-8(4)12)2-5(3)9(13)15-7;/h4-17H,1-3H3;2-13H,20-21H2,1H3;1-2H;1H4. The van der Waals surface area contributed by atoms with Crippen LogP contribution in [0.5, 0.6) is 11.5 Å². The number of benzene rings is 8. The Balaban J connectivity index is 0.000000159. The molecule has 4 N–H and O–H groups in total. The van der Waals surface area contributed by atoms with Gasteiger partial charge >= 0.3 is 22.5 Å². The summed E-state index contributed by atoms with van der Waals surface area (Å²) >= 11 is 0. The van der Waals surface area contributed by atoms with Crippen molar-refractivity contribution < 1.29 is 18.3 Å². The molecule has 0 fully saturated rings. The van der Waals surface area contributed by atoms with Gasteiger partial charge in [0.1, 0.15) is 11.5 Å². The molecule has 4 aromatic heterocycles. The van der Waals surface area contributed by atoms with E-state index in [-0.39, 0.29) is 50.5 Å². The Labute approximate surface area is 447 Å². The molecule has 4 heterocycles. The maximum absolute atomic E-state index is 13.3. The first kappa shape index (κ1) is 53.0. The fraction of sp³-hybridized carbons (Fsp3) is 0.0820. The number of hydrogen-bond acceptors (Lipinski definition) is 16. The van der Waals surface area contributed by atoms with Gasteiger partial charge in [-0.3, -0.25) is 23.7 Å². The van der Waals surface area contributed by atoms with Gasteiger partial charge in [0.25, 0.3) is 22.2 Å². The zero-order valence-electron chi connectivity index (χ0n) is 42.0. The second-order valence-corrected chi connectivity index (χ2v) is 18.0. The Hall–Kier alpha value is -10.9. The Morgan fingerprint density at radius 2 is 0.646 bits per heavy atom. The highest BCUT2D eigenvalue weighted by Gasteiger charge is 2.21. The number of hydrogen-bond donors (Lipinski definition) is 2. The molecule has 0 aliphatic heterocycles. The van der Waals surface area contributed by atoms with Crippen molar-refractivity contribution in [1.82, 2.24) is 9.13 Å². The average Bonchev–Trinajstić information content (AvgIpc) is 4.27. The van der Waals surface area contributed by atoms with Gasteiger partial charge in [0.15, 0.2) is 0 Å². The summed E-state index contributed by atoms with van der Waals surface area (Å²) in [4.78, 5) is 100. The van der Waals surface area contributed by atoms with Crippen LogP contribution in [0.2, 0.25) is 0 Å². The van der Waals surface area contributed by atoms with Gasteiger partial charge in [-0.15, -0.1) is 0 Å². The van der Waals surface area contributed by atoms with Crippen LogP contribution in [0, 0.1) is 6.92 Å². The molecule has 18 heteroatoms. The summed E-state index contributed by atoms with van der Waals surface area (Å²) in [5, 5.41) is 0.412. The lowest BCUT2D eigenvalue weighted by Gasteiger charge is -2.26. The largest absolute Gasteiger partial charge is 0.497 e. The van der Waals surface area contributed by atoms with E-state index in [4.69, 9.17) is 20.9 Å². The molecule has 0 bridgehead atoms. The average molecular weight is 1060 g/mol. The monoisotopic (exact) mass is 1060 g/mol. The quantitative estimate of drug-likeness (QED) is 0.128. The van der Waals surface area contributed by atoms with Crippen LogP contribution in [-0.2, 0) is 7.05 Å². The summed E-state index contributed by atoms with van der Waals surface area (Å²) in [6, 6.07) is 51.3. The van der Waals surface area contributed by atoms with E-state index in [2.05, 4.69) is 18.6 Å². The highest BCUT2D eigenvalue weighted by Crippen LogP contribution is 2.37. The summed E-state index contributed by atoms with van der Waals surface area (Å²) in [6.45, 7) is 2.02. The highest BCUT2D eigenvalue weighted by molar-refractivity contribution is 5.99. The number of furan rings is 2. The Bertz CT molecular complexity index is 4390. The van der Waals surface area contributed by atoms with Crippen LogP contribution in [0.15, 0.2) is 217 Å². The maximum Gasteiger partial charge on any atom is 0.346 e. The number of anilines is 8. The van der Waals surface area contributed by atoms with Gasteiger partial charge in [-0.25, -0.2) is 23.7 Å². The smallest absolute Gasteiger partial charge is 0.346 e. The van der Waals surface area contributed by atoms with Crippen LogP contribution in [0.4, 0.5) is 45.5 Å². The number of fused-ring (bicyclic) bond motifs is 4. The molecule has 0 amide bonds. The van der Waals surface area contributed by atoms with Gasteiger partial charge in [0, 0.05) is 52.5 Å². The molecule has 0 aliphatic carbocycles. The third-order valence-electron chi connectivity index (χ3n) is 13.1. The number of aromatic nitrogens is 2. The number of methoxy groups -OCH3 is 2. The minimum atomic E-state index is -0.824. The van der Waals surface area contributed by atoms with Crippen molar-refractivity contribution in [2.45, 2.75) is 14.4 Å². The minimum Gasteiger partial charge on any atom is -0.497 e. The van der Waals surface area contributed by atoms with Gasteiger partial charge in [-0.05, 0) is 165 Å². The number of nitrogens with zero attached hydrogens (tertiary/aromatic N) is 4. The summed E-state index contributed by atoms with van der Waals surface area (Å²) in [5.41, 5.74) is 15.0. The normalized spacial score (nSPS) is 10.9. The molecule has 18 nitrogen and oxygen atoms in total. The molecule has 12 rings (SSSR count). The number of aryl methyl sites for hydroxylation is 1. The zero-order chi connectivity index (χ0) is 55.1. The topological polar surface area (TPSA) is 250 Å². The first-order valence-corrected chi connectivity index (χ1v) is 23.9. The Kier molecular flexibility index (Phi) is 14.3. The number of nitrogens with two attached hydrogens (primary N) is 2. The lowest BCUT2D eigenvalue weighted by molar-refractivity contribution is 0.414. The molecule has 0 saturated heterocycles. The molecule has 0 spiro atoms. The van der Waals surface area contributed by atoms with Crippen molar-refractivity contribution in [3.63, 3.8) is 0 Å². The molecule has 0 unspecified atom stereocenters. The zero-order valence-corrected chi connectivity index (χ0v) is 42.0. The van der Waals surface area contributed by atoms with Crippen LogP contribution in [0.3, 0.4) is 0 Å². The molecular weight excluding hydrogens is 1010 g/mol. The minimum absolute atomic E-state index is 0. The van der Waals surface area contributed by atoms with E-state index in [1.54, 1.807) is 26.4 Å². The van der Waals surface area contributed by atoms with Crippen LogP contribution in [-0.4, -0.2) is 23.4 Å². The van der Waals surface area contributed by atoms with E-state index >= 15 is 0 Å². The Morgan fingerprint density at radius 3 is 0.962 bits per heavy atom. The maximum atomic E-state index is 13.3. The second kappa shape index (κ2) is 21.4. The fourth-order valence-corrected chi connectivity index (χ4v) is 9.04. The molecule has 0 aliphatic rings. The SMILES string of the molecule is C.COc1ccc(N(c2ccc(C)cc2)c2ccc(-n3c(=O)c4cc5c(=O)n(C)c(=O)c5cc4c3=O)cc2)cc1.COc1ccc(N(c2ccc(N)cc2)c2ccc(N)cc2)cc1.O=c1oc(=O)c2cc3c(=O)oc(=O)c3cc12. The number of nitrogen functional groups attached to an aromatic ring is 2. The fourth-order valence-electron chi connectivity index (χ4n) is 9.04. The van der Waals surface area contributed by atoms with E-state index < -0.39 is 44.7 Å². The van der Waals surface area contributed by atoms with Gasteiger partial charge in [-0.2, -0.15) is 0 Å². The van der Waals surface area contributed by atoms with Crippen molar-refractivity contribution in [3.05, 3.63) is 259 Å². The van der Waals surface area contributed by atoms with Crippen molar-refractivity contribution in [1.29, 1.82) is 0 Å². The molecule has 0 atom stereocenters. The van der Waals surface area contributed by atoms with Gasteiger partial charge < -0.3 is 39.6 Å². The number of ether oxygens (including phenoxy) is 2. The predicted molar refractivity (Wildman–Crippen MR) is 310 cm³/mol. The predicted octanol–water partition coefficient (Wildman–Crippen LogP) is 8.69. The number of rotatable bonds is 9. The molecule has 0 saturated carbocycles. The lowest BCUT2D eigenvalue weighted by atomic mass is 10.1. The summed E-state index contributed by atoms with van der Waals surface area (Å²) < 4.78 is 21.3. The van der Waals surface area contributed by atoms with E-state index in [1.807, 2.05) is 140 Å². The molecule has 79 heavy (non-hydrogen) atoms. The van der Waals surface area contributed by atoms with Crippen LogP contribution in [0.25, 0.3) is 48.8 Å². The van der Waals surface area contributed by atoms with E-state index in [9.17, 15) is 38.4 Å². The lowest BCUT2D eigenvalue weighted by Crippen LogP contribution is -2.23. The molecule has 0 radical (unpaired) electrons. The Morgan fingerprint density at radius 1 is 0.380 bits per heavy atom. The third kappa shape index (κ3) is 9.95. The van der Waals surface area contributed by atoms with E-state index in [0.29, 0.717) is 5.69 Å².